The molecule has 1 amide bonds. The molecule has 2 saturated heterocycles. The molecule has 0 atom stereocenters. The van der Waals surface area contributed by atoms with E-state index in [0.29, 0.717) is 13.1 Å². The minimum atomic E-state index is 0.0728. The van der Waals surface area contributed by atoms with Crippen molar-refractivity contribution in [2.75, 3.05) is 58.4 Å². The highest BCUT2D eigenvalue weighted by molar-refractivity contribution is 5.95. The van der Waals surface area contributed by atoms with Gasteiger partial charge in [0, 0.05) is 43.9 Å². The second-order valence-electron chi connectivity index (χ2n) is 9.06. The van der Waals surface area contributed by atoms with E-state index in [9.17, 15) is 4.79 Å². The number of nitrogens with one attached hydrogen (secondary N) is 1. The minimum Gasteiger partial charge on any atom is -0.497 e. The molecule has 1 aromatic heterocycles. The van der Waals surface area contributed by atoms with E-state index in [1.54, 1.807) is 20.4 Å². The van der Waals surface area contributed by atoms with Crippen LogP contribution in [-0.2, 0) is 0 Å². The van der Waals surface area contributed by atoms with Gasteiger partial charge in [0.05, 0.1) is 37.4 Å². The Labute approximate surface area is 206 Å². The molecule has 0 unspecified atom stereocenters. The fourth-order valence-electron chi connectivity index (χ4n) is 5.09. The van der Waals surface area contributed by atoms with Crippen molar-refractivity contribution in [2.45, 2.75) is 18.8 Å². The van der Waals surface area contributed by atoms with E-state index in [4.69, 9.17) is 14.6 Å². The summed E-state index contributed by atoms with van der Waals surface area (Å²) in [4.78, 5) is 18.0. The van der Waals surface area contributed by atoms with Crippen LogP contribution in [0.15, 0.2) is 54.7 Å². The standard InChI is InChI=1S/C27H33N5O3/c1-34-23-8-6-21(7-9-23)32-26(20-10-12-28-13-11-20)25(19-29-32)27(33)31-16-14-30(15-17-31)22-4-3-5-24(18-22)35-2/h3-9,18-20,28H,10-17H2,1-2H3. The Morgan fingerprint density at radius 3 is 2.31 bits per heavy atom. The Bertz CT molecular complexity index is 1150. The van der Waals surface area contributed by atoms with Crippen molar-refractivity contribution in [3.8, 4) is 17.2 Å². The Morgan fingerprint density at radius 1 is 0.914 bits per heavy atom. The SMILES string of the molecule is COc1ccc(-n2ncc(C(=O)N3CCN(c4cccc(OC)c4)CC3)c2C2CCNCC2)cc1. The van der Waals surface area contributed by atoms with Gasteiger partial charge in [-0.2, -0.15) is 5.10 Å². The summed E-state index contributed by atoms with van der Waals surface area (Å²) in [6, 6.07) is 16.0. The molecule has 8 heteroatoms. The van der Waals surface area contributed by atoms with Crippen molar-refractivity contribution < 1.29 is 14.3 Å². The zero-order valence-corrected chi connectivity index (χ0v) is 20.4. The largest absolute Gasteiger partial charge is 0.497 e. The molecule has 2 aliphatic rings. The van der Waals surface area contributed by atoms with Crippen molar-refractivity contribution in [1.29, 1.82) is 0 Å². The van der Waals surface area contributed by atoms with Crippen LogP contribution in [0.4, 0.5) is 5.69 Å². The molecule has 0 saturated carbocycles. The summed E-state index contributed by atoms with van der Waals surface area (Å²) in [5, 5.41) is 8.13. The predicted molar refractivity (Wildman–Crippen MR) is 136 cm³/mol. The van der Waals surface area contributed by atoms with Gasteiger partial charge in [-0.05, 0) is 62.3 Å². The number of nitrogens with zero attached hydrogens (tertiary/aromatic N) is 4. The van der Waals surface area contributed by atoms with Gasteiger partial charge in [-0.25, -0.2) is 4.68 Å². The fraction of sp³-hybridized carbons (Fsp3) is 0.407. The number of ether oxygens (including phenoxy) is 2. The zero-order chi connectivity index (χ0) is 24.2. The third-order valence-electron chi connectivity index (χ3n) is 7.07. The highest BCUT2D eigenvalue weighted by atomic mass is 16.5. The number of piperazine rings is 1. The lowest BCUT2D eigenvalue weighted by atomic mass is 9.91. The molecular weight excluding hydrogens is 442 g/mol. The Balaban J connectivity index is 1.37. The summed E-state index contributed by atoms with van der Waals surface area (Å²) in [5.41, 5.74) is 3.82. The summed E-state index contributed by atoms with van der Waals surface area (Å²) in [6.45, 7) is 4.82. The maximum absolute atomic E-state index is 13.8. The first-order valence-corrected chi connectivity index (χ1v) is 12.3. The van der Waals surface area contributed by atoms with Crippen LogP contribution in [0.3, 0.4) is 0 Å². The molecular formula is C27H33N5O3. The maximum atomic E-state index is 13.8. The molecule has 8 nitrogen and oxygen atoms in total. The minimum absolute atomic E-state index is 0.0728. The molecule has 2 fully saturated rings. The van der Waals surface area contributed by atoms with Gasteiger partial charge >= 0.3 is 0 Å². The first-order valence-electron chi connectivity index (χ1n) is 12.3. The summed E-state index contributed by atoms with van der Waals surface area (Å²) >= 11 is 0. The summed E-state index contributed by atoms with van der Waals surface area (Å²) < 4.78 is 12.6. The van der Waals surface area contributed by atoms with Crippen molar-refractivity contribution >= 4 is 11.6 Å². The van der Waals surface area contributed by atoms with Crippen LogP contribution in [0.2, 0.25) is 0 Å². The zero-order valence-electron chi connectivity index (χ0n) is 20.4. The molecule has 2 aliphatic heterocycles. The third kappa shape index (κ3) is 4.84. The lowest BCUT2D eigenvalue weighted by Gasteiger charge is -2.36. The van der Waals surface area contributed by atoms with Crippen molar-refractivity contribution in [1.82, 2.24) is 20.0 Å². The monoisotopic (exact) mass is 475 g/mol. The van der Waals surface area contributed by atoms with E-state index in [1.165, 1.54) is 0 Å². The van der Waals surface area contributed by atoms with Crippen LogP contribution in [-0.4, -0.2) is 74.1 Å². The summed E-state index contributed by atoms with van der Waals surface area (Å²) in [7, 11) is 3.34. The van der Waals surface area contributed by atoms with E-state index in [2.05, 4.69) is 16.3 Å². The van der Waals surface area contributed by atoms with Gasteiger partial charge in [0.25, 0.3) is 5.91 Å². The van der Waals surface area contributed by atoms with Crippen LogP contribution in [0.5, 0.6) is 11.5 Å². The van der Waals surface area contributed by atoms with E-state index < -0.39 is 0 Å². The number of hydrogen-bond acceptors (Lipinski definition) is 6. The highest BCUT2D eigenvalue weighted by Crippen LogP contribution is 2.32. The molecule has 3 heterocycles. The van der Waals surface area contributed by atoms with E-state index in [1.807, 2.05) is 52.0 Å². The molecule has 35 heavy (non-hydrogen) atoms. The number of methoxy groups -OCH3 is 2. The smallest absolute Gasteiger partial charge is 0.257 e. The Hall–Kier alpha value is -3.52. The van der Waals surface area contributed by atoms with Crippen LogP contribution >= 0.6 is 0 Å². The van der Waals surface area contributed by atoms with E-state index >= 15 is 0 Å². The van der Waals surface area contributed by atoms with E-state index in [0.717, 1.165) is 73.2 Å². The van der Waals surface area contributed by atoms with Gasteiger partial charge in [-0.1, -0.05) is 6.07 Å². The second-order valence-corrected chi connectivity index (χ2v) is 9.06. The number of anilines is 1. The fourth-order valence-corrected chi connectivity index (χ4v) is 5.09. The summed E-state index contributed by atoms with van der Waals surface area (Å²) in [6.07, 6.45) is 3.75. The lowest BCUT2D eigenvalue weighted by Crippen LogP contribution is -2.49. The number of hydrogen-bond donors (Lipinski definition) is 1. The molecule has 1 N–H and O–H groups in total. The topological polar surface area (TPSA) is 71.9 Å². The Kier molecular flexibility index (Phi) is 6.90. The lowest BCUT2D eigenvalue weighted by molar-refractivity contribution is 0.0744. The number of benzene rings is 2. The second kappa shape index (κ2) is 10.4. The van der Waals surface area contributed by atoms with Crippen LogP contribution in [0.1, 0.15) is 34.8 Å². The average molecular weight is 476 g/mol. The van der Waals surface area contributed by atoms with Gasteiger partial charge in [-0.15, -0.1) is 0 Å². The molecule has 3 aromatic rings. The van der Waals surface area contributed by atoms with Gasteiger partial charge < -0.3 is 24.6 Å². The van der Waals surface area contributed by atoms with Crippen LogP contribution in [0, 0.1) is 0 Å². The van der Waals surface area contributed by atoms with Gasteiger partial charge in [0.1, 0.15) is 11.5 Å². The number of amides is 1. The molecule has 184 valence electrons. The molecule has 0 spiro atoms. The van der Waals surface area contributed by atoms with Gasteiger partial charge in [-0.3, -0.25) is 4.79 Å². The quantitative estimate of drug-likeness (QED) is 0.590. The van der Waals surface area contributed by atoms with Crippen LogP contribution in [0.25, 0.3) is 5.69 Å². The molecule has 2 aromatic carbocycles. The number of rotatable bonds is 6. The van der Waals surface area contributed by atoms with Crippen molar-refractivity contribution in [3.05, 3.63) is 66.0 Å². The number of carbonyl (C=O) groups excluding carboxylic acids is 1. The average Bonchev–Trinajstić information content (AvgIpc) is 3.38. The Morgan fingerprint density at radius 2 is 1.63 bits per heavy atom. The maximum Gasteiger partial charge on any atom is 0.257 e. The summed E-state index contributed by atoms with van der Waals surface area (Å²) in [5.74, 6) is 2.01. The van der Waals surface area contributed by atoms with Crippen LogP contribution < -0.4 is 19.7 Å². The molecule has 0 bridgehead atoms. The highest BCUT2D eigenvalue weighted by Gasteiger charge is 2.30. The van der Waals surface area contributed by atoms with Gasteiger partial charge in [0.2, 0.25) is 0 Å². The predicted octanol–water partition coefficient (Wildman–Crippen LogP) is 3.32. The number of carbonyl (C=O) groups is 1. The first-order chi connectivity index (χ1) is 17.2. The van der Waals surface area contributed by atoms with Crippen molar-refractivity contribution in [2.24, 2.45) is 0 Å². The molecule has 5 rings (SSSR count). The first kappa shape index (κ1) is 23.2. The number of piperidine rings is 1. The van der Waals surface area contributed by atoms with Crippen molar-refractivity contribution in [3.63, 3.8) is 0 Å². The van der Waals surface area contributed by atoms with E-state index in [-0.39, 0.29) is 11.8 Å². The molecule has 0 radical (unpaired) electrons. The van der Waals surface area contributed by atoms with Gasteiger partial charge in [0.15, 0.2) is 0 Å². The normalized spacial score (nSPS) is 16.9. The third-order valence-corrected chi connectivity index (χ3v) is 7.07. The molecule has 0 aliphatic carbocycles. The number of aromatic nitrogens is 2.